The summed E-state index contributed by atoms with van der Waals surface area (Å²) in [6.07, 6.45) is 0.840. The molecule has 5 nitrogen and oxygen atoms in total. The van der Waals surface area contributed by atoms with E-state index in [1.807, 2.05) is 49.5 Å². The van der Waals surface area contributed by atoms with Crippen molar-refractivity contribution >= 4 is 52.6 Å². The SMILES string of the molecule is CN=C(NCCc1ccccc1Cl)NCc1nc2ccccc2n1C.I. The zero-order chi connectivity index (χ0) is 17.6. The number of guanidine groups is 1. The van der Waals surface area contributed by atoms with Crippen LogP contribution in [0.1, 0.15) is 11.4 Å². The first-order valence-electron chi connectivity index (χ1n) is 8.27. The van der Waals surface area contributed by atoms with Crippen molar-refractivity contribution in [1.82, 2.24) is 20.2 Å². The number of aromatic nitrogens is 2. The van der Waals surface area contributed by atoms with E-state index in [1.165, 1.54) is 0 Å². The molecule has 3 aromatic rings. The first-order chi connectivity index (χ1) is 12.2. The fourth-order valence-corrected chi connectivity index (χ4v) is 2.98. The van der Waals surface area contributed by atoms with Crippen LogP contribution in [0.4, 0.5) is 0 Å². The summed E-state index contributed by atoms with van der Waals surface area (Å²) in [6, 6.07) is 16.0. The molecule has 0 amide bonds. The van der Waals surface area contributed by atoms with Crippen molar-refractivity contribution in [2.24, 2.45) is 12.0 Å². The van der Waals surface area contributed by atoms with Gasteiger partial charge in [-0.15, -0.1) is 24.0 Å². The lowest BCUT2D eigenvalue weighted by atomic mass is 10.1. The molecule has 0 atom stereocenters. The van der Waals surface area contributed by atoms with Crippen molar-refractivity contribution in [1.29, 1.82) is 0 Å². The molecule has 1 heterocycles. The molecule has 0 saturated carbocycles. The van der Waals surface area contributed by atoms with Gasteiger partial charge in [0.15, 0.2) is 5.96 Å². The van der Waals surface area contributed by atoms with E-state index in [4.69, 9.17) is 11.6 Å². The molecule has 3 rings (SSSR count). The molecule has 0 radical (unpaired) electrons. The Morgan fingerprint density at radius 2 is 1.85 bits per heavy atom. The van der Waals surface area contributed by atoms with Gasteiger partial charge in [-0.2, -0.15) is 0 Å². The summed E-state index contributed by atoms with van der Waals surface area (Å²) >= 11 is 6.19. The summed E-state index contributed by atoms with van der Waals surface area (Å²) in [5.74, 6) is 1.72. The van der Waals surface area contributed by atoms with E-state index in [-0.39, 0.29) is 24.0 Å². The van der Waals surface area contributed by atoms with Gasteiger partial charge in [-0.25, -0.2) is 4.98 Å². The van der Waals surface area contributed by atoms with Crippen LogP contribution in [0.3, 0.4) is 0 Å². The predicted molar refractivity (Wildman–Crippen MR) is 119 cm³/mol. The monoisotopic (exact) mass is 483 g/mol. The number of nitrogens with one attached hydrogen (secondary N) is 2. The Morgan fingerprint density at radius 3 is 2.58 bits per heavy atom. The number of halogens is 2. The summed E-state index contributed by atoms with van der Waals surface area (Å²) in [5, 5.41) is 7.42. The van der Waals surface area contributed by atoms with Gasteiger partial charge in [0, 0.05) is 25.7 Å². The summed E-state index contributed by atoms with van der Waals surface area (Å²) < 4.78 is 2.10. The number of aliphatic imine (C=N–C) groups is 1. The number of aryl methyl sites for hydroxylation is 1. The average molecular weight is 484 g/mol. The van der Waals surface area contributed by atoms with E-state index >= 15 is 0 Å². The number of hydrogen-bond acceptors (Lipinski definition) is 2. The van der Waals surface area contributed by atoms with Gasteiger partial charge in [0.2, 0.25) is 0 Å². The third-order valence-electron chi connectivity index (χ3n) is 4.16. The van der Waals surface area contributed by atoms with Gasteiger partial charge in [-0.1, -0.05) is 41.9 Å². The summed E-state index contributed by atoms with van der Waals surface area (Å²) in [6.45, 7) is 1.36. The van der Waals surface area contributed by atoms with Crippen molar-refractivity contribution in [2.75, 3.05) is 13.6 Å². The molecule has 0 aliphatic heterocycles. The molecule has 2 aromatic carbocycles. The summed E-state index contributed by atoms with van der Waals surface area (Å²) in [4.78, 5) is 8.92. The molecule has 2 N–H and O–H groups in total. The minimum atomic E-state index is 0. The second-order valence-corrected chi connectivity index (χ2v) is 6.18. The quantitative estimate of drug-likeness (QED) is 0.330. The maximum Gasteiger partial charge on any atom is 0.191 e. The van der Waals surface area contributed by atoms with Crippen LogP contribution in [-0.2, 0) is 20.0 Å². The van der Waals surface area contributed by atoms with Gasteiger partial charge >= 0.3 is 0 Å². The van der Waals surface area contributed by atoms with Gasteiger partial charge in [-0.05, 0) is 30.2 Å². The van der Waals surface area contributed by atoms with Crippen LogP contribution in [-0.4, -0.2) is 29.1 Å². The van der Waals surface area contributed by atoms with Crippen molar-refractivity contribution in [2.45, 2.75) is 13.0 Å². The highest BCUT2D eigenvalue weighted by molar-refractivity contribution is 14.0. The zero-order valence-electron chi connectivity index (χ0n) is 14.9. The lowest BCUT2D eigenvalue weighted by molar-refractivity contribution is 0.734. The maximum atomic E-state index is 6.19. The van der Waals surface area contributed by atoms with Crippen LogP contribution in [0.25, 0.3) is 11.0 Å². The van der Waals surface area contributed by atoms with Crippen LogP contribution in [0.5, 0.6) is 0 Å². The molecular formula is C19H23ClIN5. The Balaban J connectivity index is 0.00000243. The van der Waals surface area contributed by atoms with E-state index in [1.54, 1.807) is 7.05 Å². The number of fused-ring (bicyclic) bond motifs is 1. The van der Waals surface area contributed by atoms with E-state index in [0.29, 0.717) is 6.54 Å². The lowest BCUT2D eigenvalue weighted by Crippen LogP contribution is -2.38. The molecule has 26 heavy (non-hydrogen) atoms. The average Bonchev–Trinajstić information content (AvgIpc) is 2.96. The third-order valence-corrected chi connectivity index (χ3v) is 4.53. The van der Waals surface area contributed by atoms with E-state index in [0.717, 1.165) is 46.4 Å². The van der Waals surface area contributed by atoms with Crippen LogP contribution < -0.4 is 10.6 Å². The smallest absolute Gasteiger partial charge is 0.191 e. The van der Waals surface area contributed by atoms with Crippen molar-refractivity contribution < 1.29 is 0 Å². The highest BCUT2D eigenvalue weighted by Gasteiger charge is 2.07. The van der Waals surface area contributed by atoms with E-state index in [2.05, 4.69) is 31.2 Å². The number of hydrogen-bond donors (Lipinski definition) is 2. The van der Waals surface area contributed by atoms with Gasteiger partial charge in [0.05, 0.1) is 17.6 Å². The normalized spacial score (nSPS) is 11.3. The Kier molecular flexibility index (Phi) is 7.71. The fraction of sp³-hybridized carbons (Fsp3) is 0.263. The van der Waals surface area contributed by atoms with Gasteiger partial charge in [0.1, 0.15) is 5.82 Å². The summed E-state index contributed by atoms with van der Waals surface area (Å²) in [7, 11) is 3.79. The maximum absolute atomic E-state index is 6.19. The first-order valence-corrected chi connectivity index (χ1v) is 8.65. The molecule has 0 aliphatic carbocycles. The number of benzene rings is 2. The second kappa shape index (κ2) is 9.78. The minimum absolute atomic E-state index is 0. The number of rotatable bonds is 5. The van der Waals surface area contributed by atoms with E-state index < -0.39 is 0 Å². The number of imidazole rings is 1. The number of nitrogens with zero attached hydrogens (tertiary/aromatic N) is 3. The van der Waals surface area contributed by atoms with Crippen molar-refractivity contribution in [3.05, 3.63) is 64.9 Å². The largest absolute Gasteiger partial charge is 0.356 e. The first kappa shape index (κ1) is 20.5. The van der Waals surface area contributed by atoms with Crippen LogP contribution in [0.15, 0.2) is 53.5 Å². The van der Waals surface area contributed by atoms with Gasteiger partial charge in [0.25, 0.3) is 0 Å². The Bertz CT molecular complexity index is 891. The highest BCUT2D eigenvalue weighted by atomic mass is 127. The molecule has 0 saturated heterocycles. The molecule has 138 valence electrons. The van der Waals surface area contributed by atoms with Crippen LogP contribution in [0, 0.1) is 0 Å². The molecular weight excluding hydrogens is 461 g/mol. The summed E-state index contributed by atoms with van der Waals surface area (Å²) in [5.41, 5.74) is 3.26. The minimum Gasteiger partial charge on any atom is -0.356 e. The topological polar surface area (TPSA) is 54.2 Å². The van der Waals surface area contributed by atoms with Crippen LogP contribution >= 0.6 is 35.6 Å². The van der Waals surface area contributed by atoms with Crippen molar-refractivity contribution in [3.63, 3.8) is 0 Å². The van der Waals surface area contributed by atoms with E-state index in [9.17, 15) is 0 Å². The van der Waals surface area contributed by atoms with Crippen LogP contribution in [0.2, 0.25) is 5.02 Å². The lowest BCUT2D eigenvalue weighted by Gasteiger charge is -2.12. The standard InChI is InChI=1S/C19H22ClN5.HI/c1-21-19(22-12-11-14-7-3-4-8-15(14)20)23-13-18-24-16-9-5-6-10-17(16)25(18)2;/h3-10H,11-13H2,1-2H3,(H2,21,22,23);1H. The van der Waals surface area contributed by atoms with Gasteiger partial charge < -0.3 is 15.2 Å². The Hall–Kier alpha value is -1.80. The number of para-hydroxylation sites is 2. The zero-order valence-corrected chi connectivity index (χ0v) is 18.0. The van der Waals surface area contributed by atoms with Gasteiger partial charge in [-0.3, -0.25) is 4.99 Å². The molecule has 7 heteroatoms. The third kappa shape index (κ3) is 4.88. The molecule has 0 aliphatic rings. The molecule has 1 aromatic heterocycles. The molecule has 0 unspecified atom stereocenters. The molecule has 0 spiro atoms. The second-order valence-electron chi connectivity index (χ2n) is 5.77. The fourth-order valence-electron chi connectivity index (χ4n) is 2.75. The Labute approximate surface area is 175 Å². The molecule has 0 bridgehead atoms. The predicted octanol–water partition coefficient (Wildman–Crippen LogP) is 3.75. The highest BCUT2D eigenvalue weighted by Crippen LogP contribution is 2.15. The Morgan fingerprint density at radius 1 is 1.12 bits per heavy atom. The molecule has 0 fully saturated rings. The van der Waals surface area contributed by atoms with Crippen molar-refractivity contribution in [3.8, 4) is 0 Å².